The Labute approximate surface area is 110 Å². The molecule has 3 rings (SSSR count). The van der Waals surface area contributed by atoms with E-state index in [1.54, 1.807) is 13.8 Å². The molecule has 1 heterocycles. The average molecular weight is 258 g/mol. The molecule has 0 amide bonds. The van der Waals surface area contributed by atoms with Gasteiger partial charge in [0, 0.05) is 11.1 Å². The molecule has 2 aromatic carbocycles. The van der Waals surface area contributed by atoms with Crippen LogP contribution in [0.1, 0.15) is 16.7 Å². The summed E-state index contributed by atoms with van der Waals surface area (Å²) in [6.07, 6.45) is 0. The Hall–Kier alpha value is -2.36. The summed E-state index contributed by atoms with van der Waals surface area (Å²) in [5.74, 6) is 1.82. The lowest BCUT2D eigenvalue weighted by atomic mass is 10.1. The predicted molar refractivity (Wildman–Crippen MR) is 70.6 cm³/mol. The minimum atomic E-state index is -0.170. The van der Waals surface area contributed by atoms with Gasteiger partial charge in [-0.25, -0.2) is 0 Å². The number of phenolic OH excluding ortho intramolecular Hbond substituents is 2. The van der Waals surface area contributed by atoms with Gasteiger partial charge in [-0.3, -0.25) is 0 Å². The Kier molecular flexibility index (Phi) is 2.35. The molecule has 0 bridgehead atoms. The fraction of sp³-hybridized carbons (Fsp3) is 0.200. The van der Waals surface area contributed by atoms with E-state index in [2.05, 4.69) is 0 Å². The third kappa shape index (κ3) is 1.53. The summed E-state index contributed by atoms with van der Waals surface area (Å²) in [5, 5.41) is 19.7. The fourth-order valence-corrected chi connectivity index (χ4v) is 2.21. The van der Waals surface area contributed by atoms with Gasteiger partial charge in [0.2, 0.25) is 0 Å². The monoisotopic (exact) mass is 258 g/mol. The van der Waals surface area contributed by atoms with E-state index in [0.29, 0.717) is 34.1 Å². The van der Waals surface area contributed by atoms with E-state index in [1.165, 1.54) is 0 Å². The Morgan fingerprint density at radius 2 is 1.37 bits per heavy atom. The van der Waals surface area contributed by atoms with Crippen molar-refractivity contribution in [2.75, 3.05) is 0 Å². The first-order chi connectivity index (χ1) is 9.00. The number of para-hydroxylation sites is 1. The van der Waals surface area contributed by atoms with E-state index in [9.17, 15) is 10.2 Å². The number of hydrogen-bond acceptors (Lipinski definition) is 4. The number of hydrogen-bond donors (Lipinski definition) is 2. The summed E-state index contributed by atoms with van der Waals surface area (Å²) in [5.41, 5.74) is 1.88. The van der Waals surface area contributed by atoms with Crippen molar-refractivity contribution in [2.45, 2.75) is 20.8 Å². The van der Waals surface area contributed by atoms with Gasteiger partial charge in [-0.05, 0) is 32.4 Å². The van der Waals surface area contributed by atoms with Crippen LogP contribution < -0.4 is 9.47 Å². The van der Waals surface area contributed by atoms with Gasteiger partial charge in [-0.15, -0.1) is 0 Å². The van der Waals surface area contributed by atoms with Gasteiger partial charge >= 0.3 is 0 Å². The maximum atomic E-state index is 9.87. The summed E-state index contributed by atoms with van der Waals surface area (Å²) < 4.78 is 11.7. The van der Waals surface area contributed by atoms with E-state index in [1.807, 2.05) is 25.1 Å². The zero-order valence-corrected chi connectivity index (χ0v) is 10.9. The summed E-state index contributed by atoms with van der Waals surface area (Å²) in [7, 11) is 0. The van der Waals surface area contributed by atoms with Crippen LogP contribution in [0.2, 0.25) is 0 Å². The zero-order chi connectivity index (χ0) is 13.7. The summed E-state index contributed by atoms with van der Waals surface area (Å²) in [6.45, 7) is 5.28. The van der Waals surface area contributed by atoms with Crippen molar-refractivity contribution in [3.05, 3.63) is 34.9 Å². The second-order valence-electron chi connectivity index (χ2n) is 4.71. The number of benzene rings is 2. The Bertz CT molecular complexity index is 689. The number of ether oxygens (including phenoxy) is 2. The average Bonchev–Trinajstić information content (AvgIpc) is 2.42. The topological polar surface area (TPSA) is 58.9 Å². The van der Waals surface area contributed by atoms with Gasteiger partial charge in [0.1, 0.15) is 0 Å². The summed E-state index contributed by atoms with van der Waals surface area (Å²) in [6, 6.07) is 5.62. The maximum absolute atomic E-state index is 9.87. The van der Waals surface area contributed by atoms with Gasteiger partial charge in [-0.1, -0.05) is 12.1 Å². The molecule has 0 unspecified atom stereocenters. The number of aromatic hydroxyl groups is 2. The molecule has 0 saturated heterocycles. The van der Waals surface area contributed by atoms with Crippen LogP contribution in [-0.2, 0) is 0 Å². The van der Waals surface area contributed by atoms with Gasteiger partial charge < -0.3 is 19.7 Å². The van der Waals surface area contributed by atoms with Gasteiger partial charge in [0.25, 0.3) is 0 Å². The molecule has 4 heteroatoms. The van der Waals surface area contributed by atoms with Crippen LogP contribution in [0.15, 0.2) is 18.2 Å². The first kappa shape index (κ1) is 11.7. The smallest absolute Gasteiger partial charge is 0.177 e. The Morgan fingerprint density at radius 3 is 2.00 bits per heavy atom. The number of aryl methyl sites for hydroxylation is 1. The van der Waals surface area contributed by atoms with E-state index in [0.717, 1.165) is 5.56 Å². The Balaban J connectivity index is 2.26. The van der Waals surface area contributed by atoms with E-state index in [4.69, 9.17) is 9.47 Å². The molecular weight excluding hydrogens is 244 g/mol. The van der Waals surface area contributed by atoms with Gasteiger partial charge in [0.05, 0.1) is 0 Å². The third-order valence-corrected chi connectivity index (χ3v) is 3.41. The van der Waals surface area contributed by atoms with Crippen molar-refractivity contribution in [1.82, 2.24) is 0 Å². The first-order valence-electron chi connectivity index (χ1n) is 6.01. The lowest BCUT2D eigenvalue weighted by Crippen LogP contribution is -2.04. The normalized spacial score (nSPS) is 12.2. The molecular formula is C15H14O4. The number of fused-ring (bicyclic) bond motifs is 2. The fourth-order valence-electron chi connectivity index (χ4n) is 2.21. The van der Waals surface area contributed by atoms with Crippen molar-refractivity contribution in [3.8, 4) is 34.5 Å². The van der Waals surface area contributed by atoms with Crippen LogP contribution in [0.5, 0.6) is 34.5 Å². The molecule has 19 heavy (non-hydrogen) atoms. The van der Waals surface area contributed by atoms with Crippen LogP contribution in [0.25, 0.3) is 0 Å². The summed E-state index contributed by atoms with van der Waals surface area (Å²) in [4.78, 5) is 0. The molecule has 98 valence electrons. The third-order valence-electron chi connectivity index (χ3n) is 3.41. The molecule has 1 aliphatic heterocycles. The molecule has 1 aliphatic rings. The SMILES string of the molecule is Cc1cccc2c1Oc1c(C)c(O)c(O)c(C)c1O2. The van der Waals surface area contributed by atoms with Crippen LogP contribution >= 0.6 is 0 Å². The maximum Gasteiger partial charge on any atom is 0.177 e. The lowest BCUT2D eigenvalue weighted by molar-refractivity contribution is 0.338. The van der Waals surface area contributed by atoms with Crippen molar-refractivity contribution >= 4 is 0 Å². The van der Waals surface area contributed by atoms with E-state index in [-0.39, 0.29) is 11.5 Å². The highest BCUT2D eigenvalue weighted by atomic mass is 16.6. The van der Waals surface area contributed by atoms with Crippen molar-refractivity contribution < 1.29 is 19.7 Å². The molecule has 0 radical (unpaired) electrons. The molecule has 2 N–H and O–H groups in total. The van der Waals surface area contributed by atoms with Crippen LogP contribution in [0.3, 0.4) is 0 Å². The standard InChI is InChI=1S/C15H14O4/c1-7-5-4-6-10-13(7)19-15-9(3)12(17)11(16)8(2)14(15)18-10/h4-6,16-17H,1-3H3. The van der Waals surface area contributed by atoms with Crippen LogP contribution in [0.4, 0.5) is 0 Å². The highest BCUT2D eigenvalue weighted by Gasteiger charge is 2.28. The van der Waals surface area contributed by atoms with Crippen molar-refractivity contribution in [1.29, 1.82) is 0 Å². The lowest BCUT2D eigenvalue weighted by Gasteiger charge is -2.25. The van der Waals surface area contributed by atoms with Crippen molar-refractivity contribution in [3.63, 3.8) is 0 Å². The van der Waals surface area contributed by atoms with Crippen LogP contribution in [-0.4, -0.2) is 10.2 Å². The predicted octanol–water partition coefficient (Wildman–Crippen LogP) is 3.92. The molecule has 4 nitrogen and oxygen atoms in total. The van der Waals surface area contributed by atoms with Crippen LogP contribution in [0, 0.1) is 20.8 Å². The molecule has 0 saturated carbocycles. The number of phenols is 2. The molecule has 0 atom stereocenters. The second kappa shape index (κ2) is 3.82. The molecule has 0 aromatic heterocycles. The van der Waals surface area contributed by atoms with E-state index >= 15 is 0 Å². The zero-order valence-electron chi connectivity index (χ0n) is 10.9. The highest BCUT2D eigenvalue weighted by molar-refractivity contribution is 5.69. The number of rotatable bonds is 0. The van der Waals surface area contributed by atoms with Gasteiger partial charge in [0.15, 0.2) is 34.5 Å². The quantitative estimate of drug-likeness (QED) is 0.600. The first-order valence-corrected chi connectivity index (χ1v) is 6.01. The molecule has 0 fully saturated rings. The molecule has 2 aromatic rings. The van der Waals surface area contributed by atoms with Gasteiger partial charge in [-0.2, -0.15) is 0 Å². The molecule has 0 aliphatic carbocycles. The minimum absolute atomic E-state index is 0.170. The minimum Gasteiger partial charge on any atom is -0.504 e. The van der Waals surface area contributed by atoms with E-state index < -0.39 is 0 Å². The largest absolute Gasteiger partial charge is 0.504 e. The summed E-state index contributed by atoms with van der Waals surface area (Å²) >= 11 is 0. The molecule has 0 spiro atoms. The Morgan fingerprint density at radius 1 is 0.789 bits per heavy atom. The van der Waals surface area contributed by atoms with Crippen molar-refractivity contribution in [2.24, 2.45) is 0 Å². The second-order valence-corrected chi connectivity index (χ2v) is 4.71. The highest BCUT2D eigenvalue weighted by Crippen LogP contribution is 2.54.